The minimum Gasteiger partial charge on any atom is -0.496 e. The molecular weight excluding hydrogens is 455 g/mol. The third-order valence-corrected chi connectivity index (χ3v) is 4.77. The van der Waals surface area contributed by atoms with Gasteiger partial charge < -0.3 is 4.74 Å². The van der Waals surface area contributed by atoms with Gasteiger partial charge in [-0.15, -0.1) is 11.3 Å². The summed E-state index contributed by atoms with van der Waals surface area (Å²) in [6, 6.07) is 9.07. The van der Waals surface area contributed by atoms with E-state index in [-0.39, 0.29) is 5.91 Å². The van der Waals surface area contributed by atoms with Crippen LogP contribution in [0.25, 0.3) is 0 Å². The van der Waals surface area contributed by atoms with Gasteiger partial charge in [0.1, 0.15) is 5.75 Å². The van der Waals surface area contributed by atoms with Gasteiger partial charge in [0.05, 0.1) is 20.7 Å². The number of hydrogen-bond donors (Lipinski definition) is 1. The highest BCUT2D eigenvalue weighted by Crippen LogP contribution is 2.22. The third kappa shape index (κ3) is 4.03. The van der Waals surface area contributed by atoms with Gasteiger partial charge in [0, 0.05) is 10.4 Å². The Morgan fingerprint density at radius 2 is 2.25 bits per heavy atom. The van der Waals surface area contributed by atoms with Gasteiger partial charge in [0.15, 0.2) is 0 Å². The number of nitrogens with zero attached hydrogens (tertiary/aromatic N) is 1. The van der Waals surface area contributed by atoms with Crippen molar-refractivity contribution in [2.24, 2.45) is 5.10 Å². The Balaban J connectivity index is 2.01. The average molecular weight is 465 g/mol. The number of amides is 1. The molecule has 0 saturated heterocycles. The van der Waals surface area contributed by atoms with Crippen LogP contribution in [0.5, 0.6) is 5.75 Å². The summed E-state index contributed by atoms with van der Waals surface area (Å²) in [5.41, 5.74) is 3.04. The number of methoxy groups -OCH3 is 1. The molecule has 4 nitrogen and oxygen atoms in total. The lowest BCUT2D eigenvalue weighted by atomic mass is 10.2. The zero-order valence-electron chi connectivity index (χ0n) is 10.4. The van der Waals surface area contributed by atoms with Crippen molar-refractivity contribution < 1.29 is 9.53 Å². The summed E-state index contributed by atoms with van der Waals surface area (Å²) in [5.74, 6) is 0.492. The molecule has 2 aromatic rings. The molecular formula is C13H10BrIN2O2S. The van der Waals surface area contributed by atoms with Crippen molar-refractivity contribution in [3.63, 3.8) is 0 Å². The van der Waals surface area contributed by atoms with Crippen molar-refractivity contribution in [2.75, 3.05) is 7.11 Å². The van der Waals surface area contributed by atoms with Crippen LogP contribution in [0.15, 0.2) is 39.2 Å². The first-order chi connectivity index (χ1) is 9.60. The number of nitrogens with one attached hydrogen (secondary N) is 1. The molecule has 0 aliphatic carbocycles. The molecule has 0 aliphatic rings. The number of thiophene rings is 1. The van der Waals surface area contributed by atoms with Crippen LogP contribution in [-0.4, -0.2) is 19.2 Å². The summed E-state index contributed by atoms with van der Waals surface area (Å²) in [5, 5.41) is 3.93. The van der Waals surface area contributed by atoms with Gasteiger partial charge in [0.2, 0.25) is 0 Å². The molecule has 7 heteroatoms. The van der Waals surface area contributed by atoms with Crippen molar-refractivity contribution in [1.29, 1.82) is 0 Å². The lowest BCUT2D eigenvalue weighted by molar-refractivity contribution is 0.0955. The van der Waals surface area contributed by atoms with Crippen LogP contribution in [0.4, 0.5) is 0 Å². The van der Waals surface area contributed by atoms with Gasteiger partial charge in [-0.3, -0.25) is 4.79 Å². The Labute approximate surface area is 142 Å². The molecule has 0 unspecified atom stereocenters. The zero-order chi connectivity index (χ0) is 14.5. The highest BCUT2D eigenvalue weighted by molar-refractivity contribution is 14.1. The molecule has 1 aromatic heterocycles. The molecule has 0 radical (unpaired) electrons. The van der Waals surface area contributed by atoms with E-state index in [0.717, 1.165) is 18.0 Å². The summed E-state index contributed by atoms with van der Waals surface area (Å²) < 4.78 is 7.05. The van der Waals surface area contributed by atoms with Crippen molar-refractivity contribution >= 4 is 62.0 Å². The van der Waals surface area contributed by atoms with Gasteiger partial charge in [-0.05, 0) is 68.9 Å². The summed E-state index contributed by atoms with van der Waals surface area (Å²) in [4.78, 5) is 12.9. The van der Waals surface area contributed by atoms with Crippen LogP contribution >= 0.6 is 49.9 Å². The maximum Gasteiger partial charge on any atom is 0.271 e. The largest absolute Gasteiger partial charge is 0.496 e. The Bertz CT molecular complexity index is 658. The van der Waals surface area contributed by atoms with Crippen LogP contribution in [-0.2, 0) is 0 Å². The van der Waals surface area contributed by atoms with E-state index in [2.05, 4.69) is 49.0 Å². The van der Waals surface area contributed by atoms with Gasteiger partial charge in [-0.25, -0.2) is 5.43 Å². The van der Waals surface area contributed by atoms with E-state index in [1.54, 1.807) is 42.9 Å². The number of ether oxygens (including phenoxy) is 1. The molecule has 0 saturated carbocycles. The Morgan fingerprint density at radius 3 is 2.85 bits per heavy atom. The first-order valence-electron chi connectivity index (χ1n) is 5.52. The van der Waals surface area contributed by atoms with Crippen molar-refractivity contribution in [3.05, 3.63) is 48.1 Å². The lowest BCUT2D eigenvalue weighted by Gasteiger charge is -2.05. The number of carbonyl (C=O) groups excluding carboxylic acids is 1. The van der Waals surface area contributed by atoms with E-state index in [4.69, 9.17) is 4.74 Å². The van der Waals surface area contributed by atoms with Gasteiger partial charge in [-0.1, -0.05) is 0 Å². The van der Waals surface area contributed by atoms with E-state index in [9.17, 15) is 4.79 Å². The number of halogens is 2. The van der Waals surface area contributed by atoms with Crippen LogP contribution < -0.4 is 10.2 Å². The average Bonchev–Trinajstić information content (AvgIpc) is 2.84. The molecule has 0 fully saturated rings. The molecule has 1 amide bonds. The predicted octanol–water partition coefficient (Wildman–Crippen LogP) is 3.89. The van der Waals surface area contributed by atoms with E-state index < -0.39 is 0 Å². The lowest BCUT2D eigenvalue weighted by Crippen LogP contribution is -2.17. The Hall–Kier alpha value is -0.930. The molecule has 1 aromatic carbocycles. The fourth-order valence-corrected chi connectivity index (χ4v) is 3.46. The highest BCUT2D eigenvalue weighted by atomic mass is 127. The maximum absolute atomic E-state index is 11.9. The van der Waals surface area contributed by atoms with E-state index in [0.29, 0.717) is 5.56 Å². The Kier molecular flexibility index (Phi) is 5.55. The summed E-state index contributed by atoms with van der Waals surface area (Å²) in [6.07, 6.45) is 1.61. The maximum atomic E-state index is 11.9. The van der Waals surface area contributed by atoms with Crippen molar-refractivity contribution in [2.45, 2.75) is 0 Å². The smallest absolute Gasteiger partial charge is 0.271 e. The monoisotopic (exact) mass is 464 g/mol. The quantitative estimate of drug-likeness (QED) is 0.424. The highest BCUT2D eigenvalue weighted by Gasteiger charge is 2.07. The number of hydrazone groups is 1. The van der Waals surface area contributed by atoms with Crippen LogP contribution in [0.1, 0.15) is 15.2 Å². The topological polar surface area (TPSA) is 50.7 Å². The normalized spacial score (nSPS) is 10.8. The second-order valence-corrected chi connectivity index (χ2v) is 7.35. The molecule has 2 rings (SSSR count). The number of benzene rings is 1. The van der Waals surface area contributed by atoms with Crippen molar-refractivity contribution in [1.82, 2.24) is 5.43 Å². The van der Waals surface area contributed by atoms with Crippen LogP contribution in [0.2, 0.25) is 0 Å². The van der Waals surface area contributed by atoms with Gasteiger partial charge in [0.25, 0.3) is 5.91 Å². The van der Waals surface area contributed by atoms with Crippen LogP contribution in [0, 0.1) is 3.57 Å². The van der Waals surface area contributed by atoms with E-state index >= 15 is 0 Å². The Morgan fingerprint density at radius 1 is 1.45 bits per heavy atom. The van der Waals surface area contributed by atoms with E-state index in [1.807, 2.05) is 12.1 Å². The predicted molar refractivity (Wildman–Crippen MR) is 92.8 cm³/mol. The fraction of sp³-hybridized carbons (Fsp3) is 0.0769. The molecule has 0 aliphatic heterocycles. The molecule has 1 N–H and O–H groups in total. The minimum absolute atomic E-state index is 0.252. The SMILES string of the molecule is COc1ccc(C(=O)NN=Cc2ccc(Br)s2)cc1I. The van der Waals surface area contributed by atoms with E-state index in [1.165, 1.54) is 0 Å². The second-order valence-electron chi connectivity index (χ2n) is 3.69. The second kappa shape index (κ2) is 7.19. The first-order valence-corrected chi connectivity index (χ1v) is 8.21. The standard InChI is InChI=1S/C13H10BrIN2O2S/c1-19-11-4-2-8(6-10(11)15)13(18)17-16-7-9-3-5-12(14)20-9/h2-7H,1H3,(H,17,18). The fourth-order valence-electron chi connectivity index (χ4n) is 1.42. The number of carbonyl (C=O) groups is 1. The molecule has 20 heavy (non-hydrogen) atoms. The summed E-state index contributed by atoms with van der Waals surface area (Å²) in [7, 11) is 1.60. The summed E-state index contributed by atoms with van der Waals surface area (Å²) in [6.45, 7) is 0. The molecule has 104 valence electrons. The van der Waals surface area contributed by atoms with Gasteiger partial charge in [-0.2, -0.15) is 5.10 Å². The molecule has 0 atom stereocenters. The zero-order valence-corrected chi connectivity index (χ0v) is 15.0. The van der Waals surface area contributed by atoms with Crippen LogP contribution in [0.3, 0.4) is 0 Å². The number of rotatable bonds is 4. The first kappa shape index (κ1) is 15.5. The van der Waals surface area contributed by atoms with Crippen molar-refractivity contribution in [3.8, 4) is 5.75 Å². The third-order valence-electron chi connectivity index (χ3n) is 2.37. The molecule has 0 bridgehead atoms. The summed E-state index contributed by atoms with van der Waals surface area (Å²) >= 11 is 7.03. The molecule has 1 heterocycles. The van der Waals surface area contributed by atoms with Gasteiger partial charge >= 0.3 is 0 Å². The minimum atomic E-state index is -0.252. The number of hydrogen-bond acceptors (Lipinski definition) is 4. The molecule has 0 spiro atoms.